The highest BCUT2D eigenvalue weighted by atomic mass is 16.5. The van der Waals surface area contributed by atoms with Gasteiger partial charge in [0.2, 0.25) is 5.91 Å². The van der Waals surface area contributed by atoms with Gasteiger partial charge in [0.1, 0.15) is 0 Å². The number of amides is 1. The summed E-state index contributed by atoms with van der Waals surface area (Å²) < 4.78 is 11.9. The molecule has 0 saturated heterocycles. The summed E-state index contributed by atoms with van der Waals surface area (Å²) in [5.74, 6) is 0.996. The lowest BCUT2D eigenvalue weighted by Crippen LogP contribution is -2.32. The normalized spacial score (nSPS) is 13.2. The smallest absolute Gasteiger partial charge is 0.267 e. The van der Waals surface area contributed by atoms with Gasteiger partial charge in [-0.2, -0.15) is 5.10 Å². The molecule has 1 aromatic heterocycles. The van der Waals surface area contributed by atoms with Gasteiger partial charge in [-0.1, -0.05) is 6.07 Å². The fourth-order valence-electron chi connectivity index (χ4n) is 3.23. The second-order valence-electron chi connectivity index (χ2n) is 6.62. The largest absolute Gasteiger partial charge is 0.493 e. The summed E-state index contributed by atoms with van der Waals surface area (Å²) in [7, 11) is 3.14. The highest BCUT2D eigenvalue weighted by molar-refractivity contribution is 5.91. The average Bonchev–Trinajstić information content (AvgIpc) is 2.72. The summed E-state index contributed by atoms with van der Waals surface area (Å²) in [6.07, 6.45) is 7.20. The Bertz CT molecular complexity index is 934. The van der Waals surface area contributed by atoms with E-state index in [9.17, 15) is 9.59 Å². The van der Waals surface area contributed by atoms with Gasteiger partial charge in [-0.15, -0.1) is 0 Å². The number of carbonyl (C=O) groups is 1. The van der Waals surface area contributed by atoms with Crippen LogP contribution in [0, 0.1) is 0 Å². The fourth-order valence-corrected chi connectivity index (χ4v) is 3.23. The van der Waals surface area contributed by atoms with Gasteiger partial charge >= 0.3 is 0 Å². The van der Waals surface area contributed by atoms with Crippen LogP contribution in [0.1, 0.15) is 29.7 Å². The van der Waals surface area contributed by atoms with E-state index in [4.69, 9.17) is 9.47 Å². The molecule has 1 aliphatic rings. The van der Waals surface area contributed by atoms with Crippen LogP contribution < -0.4 is 20.3 Å². The van der Waals surface area contributed by atoms with Crippen molar-refractivity contribution in [2.45, 2.75) is 32.2 Å². The quantitative estimate of drug-likeness (QED) is 0.739. The Morgan fingerprint density at radius 2 is 1.96 bits per heavy atom. The second kappa shape index (κ2) is 9.21. The Hall–Kier alpha value is -3.09. The fraction of sp³-hybridized carbons (Fsp3) is 0.381. The van der Waals surface area contributed by atoms with Crippen molar-refractivity contribution >= 4 is 12.0 Å². The van der Waals surface area contributed by atoms with E-state index in [0.29, 0.717) is 24.6 Å². The van der Waals surface area contributed by atoms with E-state index in [0.717, 1.165) is 42.5 Å². The second-order valence-corrected chi connectivity index (χ2v) is 6.62. The zero-order valence-electron chi connectivity index (χ0n) is 16.2. The summed E-state index contributed by atoms with van der Waals surface area (Å²) in [5.41, 5.74) is 2.77. The molecule has 1 heterocycles. The van der Waals surface area contributed by atoms with Crippen LogP contribution >= 0.6 is 0 Å². The summed E-state index contributed by atoms with van der Waals surface area (Å²) in [6.45, 7) is 0.683. The molecule has 0 spiro atoms. The Morgan fingerprint density at radius 1 is 1.18 bits per heavy atom. The monoisotopic (exact) mass is 383 g/mol. The first-order valence-corrected chi connectivity index (χ1v) is 9.38. The van der Waals surface area contributed by atoms with Gasteiger partial charge in [-0.3, -0.25) is 9.59 Å². The molecule has 7 heteroatoms. The molecule has 0 saturated carbocycles. The summed E-state index contributed by atoms with van der Waals surface area (Å²) >= 11 is 0. The van der Waals surface area contributed by atoms with Crippen LogP contribution in [-0.2, 0) is 24.2 Å². The highest BCUT2D eigenvalue weighted by Crippen LogP contribution is 2.27. The maximum Gasteiger partial charge on any atom is 0.267 e. The molecule has 2 aromatic rings. The third kappa shape index (κ3) is 4.79. The number of nitrogens with one attached hydrogen (secondary N) is 1. The van der Waals surface area contributed by atoms with Crippen molar-refractivity contribution < 1.29 is 14.3 Å². The number of hydrogen-bond acceptors (Lipinski definition) is 5. The molecule has 3 rings (SSSR count). The van der Waals surface area contributed by atoms with Gasteiger partial charge in [0.05, 0.1) is 26.5 Å². The van der Waals surface area contributed by atoms with Gasteiger partial charge in [0, 0.05) is 18.7 Å². The molecule has 0 radical (unpaired) electrons. The maximum absolute atomic E-state index is 12.1. The van der Waals surface area contributed by atoms with E-state index in [1.807, 2.05) is 6.07 Å². The standard InChI is InChI=1S/C21H25N3O4/c1-27-18-9-7-15(13-19(18)28-2)8-10-20(25)22-11-12-24-21(26)14-16-5-3-4-6-17(16)23-24/h7-10,13-14H,3-6,11-12H2,1-2H3,(H,22,25)/b10-8+. The number of ether oxygens (including phenoxy) is 2. The molecule has 1 N–H and O–H groups in total. The van der Waals surface area contributed by atoms with Crippen molar-refractivity contribution in [3.63, 3.8) is 0 Å². The Balaban J connectivity index is 1.55. The van der Waals surface area contributed by atoms with Gasteiger partial charge in [-0.25, -0.2) is 4.68 Å². The van der Waals surface area contributed by atoms with Gasteiger partial charge in [0.25, 0.3) is 5.56 Å². The van der Waals surface area contributed by atoms with Gasteiger partial charge in [-0.05, 0) is 55.0 Å². The molecule has 0 bridgehead atoms. The predicted octanol–water partition coefficient (Wildman–Crippen LogP) is 1.97. The number of rotatable bonds is 7. The third-order valence-corrected chi connectivity index (χ3v) is 4.73. The van der Waals surface area contributed by atoms with Crippen molar-refractivity contribution in [2.75, 3.05) is 20.8 Å². The summed E-state index contributed by atoms with van der Waals surface area (Å²) in [5, 5.41) is 7.23. The molecule has 0 unspecified atom stereocenters. The third-order valence-electron chi connectivity index (χ3n) is 4.73. The van der Waals surface area contributed by atoms with Crippen molar-refractivity contribution in [1.82, 2.24) is 15.1 Å². The van der Waals surface area contributed by atoms with Crippen LogP contribution in [0.15, 0.2) is 35.1 Å². The SMILES string of the molecule is COc1ccc(/C=C/C(=O)NCCn2nc3c(cc2=O)CCCC3)cc1OC. The van der Waals surface area contributed by atoms with Crippen LogP contribution in [0.25, 0.3) is 6.08 Å². The van der Waals surface area contributed by atoms with Crippen LogP contribution in [-0.4, -0.2) is 36.5 Å². The van der Waals surface area contributed by atoms with Crippen LogP contribution in [0.2, 0.25) is 0 Å². The van der Waals surface area contributed by atoms with Gasteiger partial charge in [0.15, 0.2) is 11.5 Å². The lowest BCUT2D eigenvalue weighted by molar-refractivity contribution is -0.116. The van der Waals surface area contributed by atoms with Crippen LogP contribution in [0.5, 0.6) is 11.5 Å². The topological polar surface area (TPSA) is 82.5 Å². The Labute approximate surface area is 164 Å². The first-order valence-electron chi connectivity index (χ1n) is 9.38. The van der Waals surface area contributed by atoms with E-state index in [2.05, 4.69) is 10.4 Å². The first kappa shape index (κ1) is 19.7. The summed E-state index contributed by atoms with van der Waals surface area (Å²) in [4.78, 5) is 24.2. The molecule has 28 heavy (non-hydrogen) atoms. The molecular formula is C21H25N3O4. The van der Waals surface area contributed by atoms with Gasteiger partial charge < -0.3 is 14.8 Å². The number of fused-ring (bicyclic) bond motifs is 1. The molecule has 1 aliphatic carbocycles. The highest BCUT2D eigenvalue weighted by Gasteiger charge is 2.13. The van der Waals surface area contributed by atoms with Crippen molar-refractivity contribution in [2.24, 2.45) is 0 Å². The van der Waals surface area contributed by atoms with Crippen molar-refractivity contribution in [3.05, 3.63) is 57.5 Å². The number of hydrogen-bond donors (Lipinski definition) is 1. The minimum Gasteiger partial charge on any atom is -0.493 e. The minimum atomic E-state index is -0.235. The number of carbonyl (C=O) groups excluding carboxylic acids is 1. The molecule has 0 atom stereocenters. The number of nitrogens with zero attached hydrogens (tertiary/aromatic N) is 2. The molecule has 0 fully saturated rings. The van der Waals surface area contributed by atoms with E-state index < -0.39 is 0 Å². The minimum absolute atomic E-state index is 0.115. The van der Waals surface area contributed by atoms with Crippen LogP contribution in [0.3, 0.4) is 0 Å². The number of methoxy groups -OCH3 is 2. The van der Waals surface area contributed by atoms with E-state index in [-0.39, 0.29) is 11.5 Å². The zero-order chi connectivity index (χ0) is 19.9. The zero-order valence-corrected chi connectivity index (χ0v) is 16.2. The molecule has 1 aromatic carbocycles. The average molecular weight is 383 g/mol. The molecular weight excluding hydrogens is 358 g/mol. The molecule has 148 valence electrons. The van der Waals surface area contributed by atoms with E-state index in [1.54, 1.807) is 38.5 Å². The maximum atomic E-state index is 12.1. The molecule has 0 aliphatic heterocycles. The number of aryl methyl sites for hydroxylation is 2. The first-order chi connectivity index (χ1) is 13.6. The molecule has 1 amide bonds. The van der Waals surface area contributed by atoms with Crippen molar-refractivity contribution in [3.8, 4) is 11.5 Å². The number of aromatic nitrogens is 2. The van der Waals surface area contributed by atoms with Crippen molar-refractivity contribution in [1.29, 1.82) is 0 Å². The Kier molecular flexibility index (Phi) is 6.47. The Morgan fingerprint density at radius 3 is 2.75 bits per heavy atom. The predicted molar refractivity (Wildman–Crippen MR) is 107 cm³/mol. The van der Waals surface area contributed by atoms with E-state index in [1.165, 1.54) is 10.8 Å². The lowest BCUT2D eigenvalue weighted by Gasteiger charge is -2.15. The molecule has 7 nitrogen and oxygen atoms in total. The van der Waals surface area contributed by atoms with E-state index >= 15 is 0 Å². The van der Waals surface area contributed by atoms with Crippen LogP contribution in [0.4, 0.5) is 0 Å². The lowest BCUT2D eigenvalue weighted by atomic mass is 9.97. The number of benzene rings is 1. The summed E-state index contributed by atoms with van der Waals surface area (Å²) in [6, 6.07) is 7.09.